The van der Waals surface area contributed by atoms with Crippen molar-refractivity contribution in [3.63, 3.8) is 0 Å². The minimum absolute atomic E-state index is 0.289. The second-order valence-electron chi connectivity index (χ2n) is 1.33. The van der Waals surface area contributed by atoms with Crippen molar-refractivity contribution >= 4 is 0 Å². The van der Waals surface area contributed by atoms with Crippen LogP contribution in [0.4, 0.5) is 4.39 Å². The fourth-order valence-electron chi connectivity index (χ4n) is 0.391. The van der Waals surface area contributed by atoms with Gasteiger partial charge in [0.05, 0.1) is 12.4 Å². The van der Waals surface area contributed by atoms with Crippen LogP contribution in [-0.2, 0) is 7.05 Å². The number of nitrogens with zero attached hydrogens (tertiary/aromatic N) is 2. The van der Waals surface area contributed by atoms with Crippen LogP contribution in [0.15, 0.2) is 12.4 Å². The first-order chi connectivity index (χ1) is 4.29. The molecule has 1 rings (SSSR count). The molecule has 0 bridgehead atoms. The Labute approximate surface area is 54.3 Å². The van der Waals surface area contributed by atoms with E-state index in [2.05, 4.69) is 5.10 Å². The van der Waals surface area contributed by atoms with Crippen LogP contribution in [0.2, 0.25) is 0 Å². The number of hydrogen-bond acceptors (Lipinski definition) is 1. The monoisotopic (exact) mass is 130 g/mol. The molecule has 0 amide bonds. The van der Waals surface area contributed by atoms with E-state index in [1.165, 1.54) is 17.1 Å². The molecule has 52 valence electrons. The normalized spacial score (nSPS) is 8.00. The van der Waals surface area contributed by atoms with Gasteiger partial charge >= 0.3 is 0 Å². The van der Waals surface area contributed by atoms with Gasteiger partial charge in [0.25, 0.3) is 0 Å². The Kier molecular flexibility index (Phi) is 3.67. The van der Waals surface area contributed by atoms with Gasteiger partial charge < -0.3 is 0 Å². The molecular formula is C6H11FN2. The summed E-state index contributed by atoms with van der Waals surface area (Å²) in [5.41, 5.74) is 0. The SMILES string of the molecule is CC.Cn1cc(F)cn1. The quantitative estimate of drug-likeness (QED) is 0.521. The smallest absolute Gasteiger partial charge is 0.161 e. The first-order valence-corrected chi connectivity index (χ1v) is 2.93. The fraction of sp³-hybridized carbons (Fsp3) is 0.500. The molecule has 0 aliphatic carbocycles. The minimum Gasteiger partial charge on any atom is -0.273 e. The Hall–Kier alpha value is -0.860. The zero-order chi connectivity index (χ0) is 7.28. The van der Waals surface area contributed by atoms with E-state index in [9.17, 15) is 4.39 Å². The second kappa shape index (κ2) is 4.06. The van der Waals surface area contributed by atoms with E-state index in [-0.39, 0.29) is 5.82 Å². The first kappa shape index (κ1) is 8.14. The lowest BCUT2D eigenvalue weighted by atomic mass is 10.7. The van der Waals surface area contributed by atoms with Gasteiger partial charge in [-0.3, -0.25) is 4.68 Å². The van der Waals surface area contributed by atoms with Crippen molar-refractivity contribution in [3.05, 3.63) is 18.2 Å². The lowest BCUT2D eigenvalue weighted by molar-refractivity contribution is 0.625. The van der Waals surface area contributed by atoms with Gasteiger partial charge in [0, 0.05) is 7.05 Å². The van der Waals surface area contributed by atoms with Crippen LogP contribution in [0, 0.1) is 5.82 Å². The molecule has 2 nitrogen and oxygen atoms in total. The number of halogens is 1. The number of hydrogen-bond donors (Lipinski definition) is 0. The molecule has 0 atom stereocenters. The third-order valence-corrected chi connectivity index (χ3v) is 0.673. The van der Waals surface area contributed by atoms with Crippen molar-refractivity contribution in [3.8, 4) is 0 Å². The average Bonchev–Trinajstić information content (AvgIpc) is 2.20. The Bertz CT molecular complexity index is 143. The van der Waals surface area contributed by atoms with Gasteiger partial charge in [0.15, 0.2) is 5.82 Å². The van der Waals surface area contributed by atoms with Gasteiger partial charge in [-0.15, -0.1) is 0 Å². The van der Waals surface area contributed by atoms with Crippen LogP contribution in [0.1, 0.15) is 13.8 Å². The van der Waals surface area contributed by atoms with E-state index in [1.54, 1.807) is 7.05 Å². The summed E-state index contributed by atoms with van der Waals surface area (Å²) >= 11 is 0. The van der Waals surface area contributed by atoms with Crippen molar-refractivity contribution < 1.29 is 4.39 Å². The molecule has 0 unspecified atom stereocenters. The third kappa shape index (κ3) is 2.85. The first-order valence-electron chi connectivity index (χ1n) is 2.93. The molecule has 1 aromatic rings. The highest BCUT2D eigenvalue weighted by Gasteiger charge is 1.86. The Morgan fingerprint density at radius 3 is 2.22 bits per heavy atom. The lowest BCUT2D eigenvalue weighted by Crippen LogP contribution is -1.83. The average molecular weight is 130 g/mol. The summed E-state index contributed by atoms with van der Waals surface area (Å²) in [7, 11) is 1.67. The summed E-state index contributed by atoms with van der Waals surface area (Å²) in [5, 5.41) is 3.56. The van der Waals surface area contributed by atoms with E-state index in [0.29, 0.717) is 0 Å². The van der Waals surface area contributed by atoms with E-state index in [0.717, 1.165) is 0 Å². The number of rotatable bonds is 0. The van der Waals surface area contributed by atoms with Crippen molar-refractivity contribution in [2.75, 3.05) is 0 Å². The van der Waals surface area contributed by atoms with Crippen molar-refractivity contribution in [2.24, 2.45) is 7.05 Å². The summed E-state index contributed by atoms with van der Waals surface area (Å²) < 4.78 is 13.3. The van der Waals surface area contributed by atoms with Gasteiger partial charge in [-0.2, -0.15) is 5.10 Å². The Morgan fingerprint density at radius 2 is 2.11 bits per heavy atom. The topological polar surface area (TPSA) is 17.8 Å². The molecular weight excluding hydrogens is 119 g/mol. The second-order valence-corrected chi connectivity index (χ2v) is 1.33. The molecule has 0 saturated carbocycles. The predicted octanol–water partition coefficient (Wildman–Crippen LogP) is 1.59. The Morgan fingerprint density at radius 1 is 1.56 bits per heavy atom. The van der Waals surface area contributed by atoms with Crippen molar-refractivity contribution in [1.82, 2.24) is 9.78 Å². The van der Waals surface area contributed by atoms with Gasteiger partial charge in [-0.25, -0.2) is 4.39 Å². The fourth-order valence-corrected chi connectivity index (χ4v) is 0.391. The summed E-state index contributed by atoms with van der Waals surface area (Å²) in [6, 6.07) is 0. The van der Waals surface area contributed by atoms with Crippen molar-refractivity contribution in [1.29, 1.82) is 0 Å². The number of aromatic nitrogens is 2. The minimum atomic E-state index is -0.289. The zero-order valence-electron chi connectivity index (χ0n) is 5.93. The third-order valence-electron chi connectivity index (χ3n) is 0.673. The number of aryl methyl sites for hydroxylation is 1. The van der Waals surface area contributed by atoms with Gasteiger partial charge in [0.2, 0.25) is 0 Å². The van der Waals surface area contributed by atoms with E-state index in [4.69, 9.17) is 0 Å². The summed E-state index contributed by atoms with van der Waals surface area (Å²) in [4.78, 5) is 0. The van der Waals surface area contributed by atoms with Crippen LogP contribution >= 0.6 is 0 Å². The van der Waals surface area contributed by atoms with Crippen LogP contribution in [-0.4, -0.2) is 9.78 Å². The maximum Gasteiger partial charge on any atom is 0.161 e. The van der Waals surface area contributed by atoms with E-state index < -0.39 is 0 Å². The Balaban J connectivity index is 0.000000291. The van der Waals surface area contributed by atoms with Gasteiger partial charge in [-0.1, -0.05) is 13.8 Å². The highest BCUT2D eigenvalue weighted by Crippen LogP contribution is 1.88. The summed E-state index contributed by atoms with van der Waals surface area (Å²) in [6.07, 6.45) is 2.47. The molecule has 0 saturated heterocycles. The highest BCUT2D eigenvalue weighted by atomic mass is 19.1. The van der Waals surface area contributed by atoms with Crippen LogP contribution in [0.25, 0.3) is 0 Å². The summed E-state index contributed by atoms with van der Waals surface area (Å²) in [5.74, 6) is -0.289. The van der Waals surface area contributed by atoms with Crippen molar-refractivity contribution in [2.45, 2.75) is 13.8 Å². The molecule has 3 heteroatoms. The maximum absolute atomic E-state index is 11.8. The van der Waals surface area contributed by atoms with E-state index in [1.807, 2.05) is 13.8 Å². The lowest BCUT2D eigenvalue weighted by Gasteiger charge is -1.77. The molecule has 1 heterocycles. The molecule has 0 aromatic carbocycles. The zero-order valence-corrected chi connectivity index (χ0v) is 5.93. The van der Waals surface area contributed by atoms with Crippen LogP contribution in [0.5, 0.6) is 0 Å². The summed E-state index contributed by atoms with van der Waals surface area (Å²) in [6.45, 7) is 4.00. The van der Waals surface area contributed by atoms with Gasteiger partial charge in [-0.05, 0) is 0 Å². The molecule has 0 aliphatic heterocycles. The van der Waals surface area contributed by atoms with E-state index >= 15 is 0 Å². The molecule has 0 radical (unpaired) electrons. The molecule has 1 aromatic heterocycles. The largest absolute Gasteiger partial charge is 0.273 e. The van der Waals surface area contributed by atoms with Crippen LogP contribution in [0.3, 0.4) is 0 Å². The van der Waals surface area contributed by atoms with Crippen LogP contribution < -0.4 is 0 Å². The standard InChI is InChI=1S/C4H5FN2.C2H6/c1-7-3-4(5)2-6-7;1-2/h2-3H,1H3;1-2H3. The molecule has 9 heavy (non-hydrogen) atoms. The van der Waals surface area contributed by atoms with Gasteiger partial charge in [0.1, 0.15) is 0 Å². The maximum atomic E-state index is 11.8. The molecule has 0 spiro atoms. The predicted molar refractivity (Wildman–Crippen MR) is 34.5 cm³/mol. The molecule has 0 aliphatic rings. The molecule has 0 N–H and O–H groups in total. The highest BCUT2D eigenvalue weighted by molar-refractivity contribution is 4.81. The molecule has 0 fully saturated rings.